The quantitative estimate of drug-likeness (QED) is 0.570. The molecule has 1 saturated heterocycles. The lowest BCUT2D eigenvalue weighted by Gasteiger charge is -2.34. The maximum atomic E-state index is 13.2. The molecule has 8 heteroatoms. The Balaban J connectivity index is 1.47. The number of halogens is 3. The summed E-state index contributed by atoms with van der Waals surface area (Å²) in [6, 6.07) is 11.4. The number of carbonyl (C=O) groups excluding carboxylic acids is 2. The first kappa shape index (κ1) is 19.2. The third kappa shape index (κ3) is 3.48. The summed E-state index contributed by atoms with van der Waals surface area (Å²) in [4.78, 5) is 29.4. The molecule has 0 N–H and O–H groups in total. The highest BCUT2D eigenvalue weighted by molar-refractivity contribution is 7.21. The molecule has 0 saturated carbocycles. The van der Waals surface area contributed by atoms with Crippen LogP contribution in [0.1, 0.15) is 20.0 Å². The highest BCUT2D eigenvalue weighted by Crippen LogP contribution is 2.36. The molecular weight excluding hydrogens is 422 g/mol. The van der Waals surface area contributed by atoms with Gasteiger partial charge in [-0.15, -0.1) is 11.3 Å². The molecule has 144 valence electrons. The van der Waals surface area contributed by atoms with E-state index >= 15 is 0 Å². The first-order chi connectivity index (χ1) is 13.5. The monoisotopic (exact) mass is 436 g/mol. The highest BCUT2D eigenvalue weighted by atomic mass is 35.5. The fraction of sp³-hybridized carbons (Fsp3) is 0.200. The second kappa shape index (κ2) is 7.70. The molecule has 0 spiro atoms. The Labute approximate surface area is 175 Å². The van der Waals surface area contributed by atoms with E-state index in [0.717, 1.165) is 16.2 Å². The van der Waals surface area contributed by atoms with Gasteiger partial charge in [-0.2, -0.15) is 0 Å². The number of rotatable bonds is 2. The Kier molecular flexibility index (Phi) is 5.27. The van der Waals surface area contributed by atoms with Gasteiger partial charge >= 0.3 is 0 Å². The number of fused-ring (bicyclic) bond motifs is 1. The number of nitrogens with zero attached hydrogens (tertiary/aromatic N) is 2. The number of hydrogen-bond acceptors (Lipinski definition) is 3. The van der Waals surface area contributed by atoms with E-state index in [2.05, 4.69) is 0 Å². The van der Waals surface area contributed by atoms with Crippen molar-refractivity contribution in [1.82, 2.24) is 9.80 Å². The van der Waals surface area contributed by atoms with Crippen LogP contribution >= 0.6 is 34.5 Å². The zero-order valence-electron chi connectivity index (χ0n) is 14.6. The number of hydrogen-bond donors (Lipinski definition) is 0. The predicted molar refractivity (Wildman–Crippen MR) is 110 cm³/mol. The van der Waals surface area contributed by atoms with E-state index in [1.54, 1.807) is 9.80 Å². The molecule has 2 heterocycles. The van der Waals surface area contributed by atoms with Crippen LogP contribution in [0, 0.1) is 5.82 Å². The first-order valence-corrected chi connectivity index (χ1v) is 10.2. The molecule has 0 unspecified atom stereocenters. The van der Waals surface area contributed by atoms with Crippen molar-refractivity contribution in [2.45, 2.75) is 0 Å². The van der Waals surface area contributed by atoms with Crippen LogP contribution in [0.3, 0.4) is 0 Å². The lowest BCUT2D eigenvalue weighted by atomic mass is 10.1. The van der Waals surface area contributed by atoms with Crippen molar-refractivity contribution in [3.05, 3.63) is 68.8 Å². The normalized spacial score (nSPS) is 14.5. The molecule has 2 amide bonds. The average molecular weight is 437 g/mol. The Bertz CT molecular complexity index is 1080. The molecule has 0 bridgehead atoms. The Morgan fingerprint density at radius 2 is 1.57 bits per heavy atom. The van der Waals surface area contributed by atoms with Crippen molar-refractivity contribution in [3.8, 4) is 0 Å². The summed E-state index contributed by atoms with van der Waals surface area (Å²) in [5.74, 6) is -0.882. The maximum Gasteiger partial charge on any atom is 0.265 e. The number of carbonyl (C=O) groups is 2. The summed E-state index contributed by atoms with van der Waals surface area (Å²) in [5, 5.41) is 1.43. The molecule has 0 atom stereocenters. The van der Waals surface area contributed by atoms with Crippen LogP contribution in [0.25, 0.3) is 10.1 Å². The molecule has 4 nitrogen and oxygen atoms in total. The van der Waals surface area contributed by atoms with Crippen LogP contribution in [-0.4, -0.2) is 47.8 Å². The van der Waals surface area contributed by atoms with Crippen molar-refractivity contribution in [3.63, 3.8) is 0 Å². The van der Waals surface area contributed by atoms with Gasteiger partial charge in [-0.3, -0.25) is 9.59 Å². The molecule has 1 aromatic heterocycles. The number of thiophene rings is 1. The average Bonchev–Trinajstić information content (AvgIpc) is 3.04. The van der Waals surface area contributed by atoms with Crippen LogP contribution in [0.15, 0.2) is 42.5 Å². The molecule has 4 rings (SSSR count). The van der Waals surface area contributed by atoms with Gasteiger partial charge in [0, 0.05) is 36.3 Å². The van der Waals surface area contributed by atoms with E-state index in [9.17, 15) is 14.0 Å². The van der Waals surface area contributed by atoms with Crippen molar-refractivity contribution in [1.29, 1.82) is 0 Å². The van der Waals surface area contributed by atoms with Gasteiger partial charge in [0.05, 0.1) is 15.6 Å². The molecule has 3 aromatic rings. The van der Waals surface area contributed by atoms with E-state index in [4.69, 9.17) is 23.2 Å². The van der Waals surface area contributed by atoms with Gasteiger partial charge in [0.15, 0.2) is 0 Å². The van der Waals surface area contributed by atoms with Crippen LogP contribution in [0.2, 0.25) is 10.0 Å². The molecule has 1 fully saturated rings. The Morgan fingerprint density at radius 3 is 2.21 bits per heavy atom. The molecule has 2 aromatic carbocycles. The summed E-state index contributed by atoms with van der Waals surface area (Å²) in [5.41, 5.74) is 0.260. The van der Waals surface area contributed by atoms with Gasteiger partial charge < -0.3 is 9.80 Å². The maximum absolute atomic E-state index is 13.2. The Hall–Kier alpha value is -2.15. The summed E-state index contributed by atoms with van der Waals surface area (Å²) < 4.78 is 14.2. The van der Waals surface area contributed by atoms with E-state index in [1.165, 1.54) is 23.5 Å². The van der Waals surface area contributed by atoms with Gasteiger partial charge in [-0.05, 0) is 24.3 Å². The Morgan fingerprint density at radius 1 is 0.929 bits per heavy atom. The zero-order valence-corrected chi connectivity index (χ0v) is 17.0. The predicted octanol–water partition coefficient (Wildman–Crippen LogP) is 4.95. The SMILES string of the molecule is O=C(c1ccc(F)cc1Cl)N1CCN(C(=O)c2sc3ccccc3c2Cl)CC1. The minimum atomic E-state index is -0.489. The van der Waals surface area contributed by atoms with E-state index in [1.807, 2.05) is 24.3 Å². The third-order valence-corrected chi connectivity index (χ3v) is 6.72. The standard InChI is InChI=1S/C20H15Cl2FN2O2S/c21-15-11-12(23)5-6-13(15)19(26)24-7-9-25(10-8-24)20(27)18-17(22)14-3-1-2-4-16(14)28-18/h1-6,11H,7-10H2. The van der Waals surface area contributed by atoms with Crippen molar-refractivity contribution in [2.24, 2.45) is 0 Å². The summed E-state index contributed by atoms with van der Waals surface area (Å²) in [7, 11) is 0. The first-order valence-electron chi connectivity index (χ1n) is 8.66. The van der Waals surface area contributed by atoms with E-state index in [0.29, 0.717) is 36.1 Å². The number of amides is 2. The lowest BCUT2D eigenvalue weighted by molar-refractivity contribution is 0.0538. The van der Waals surface area contributed by atoms with Crippen LogP contribution in [-0.2, 0) is 0 Å². The van der Waals surface area contributed by atoms with Gasteiger partial charge in [0.25, 0.3) is 11.8 Å². The number of piperazine rings is 1. The van der Waals surface area contributed by atoms with E-state index in [-0.39, 0.29) is 22.4 Å². The minimum absolute atomic E-state index is 0.0839. The third-order valence-electron chi connectivity index (χ3n) is 4.74. The topological polar surface area (TPSA) is 40.6 Å². The number of benzene rings is 2. The van der Waals surface area contributed by atoms with Crippen molar-refractivity contribution < 1.29 is 14.0 Å². The zero-order chi connectivity index (χ0) is 19.8. The van der Waals surface area contributed by atoms with Crippen LogP contribution < -0.4 is 0 Å². The van der Waals surface area contributed by atoms with Gasteiger partial charge in [0.1, 0.15) is 10.7 Å². The molecule has 0 radical (unpaired) electrons. The second-order valence-electron chi connectivity index (χ2n) is 6.45. The smallest absolute Gasteiger partial charge is 0.265 e. The fourth-order valence-electron chi connectivity index (χ4n) is 3.24. The molecule has 1 aliphatic rings. The van der Waals surface area contributed by atoms with Crippen molar-refractivity contribution in [2.75, 3.05) is 26.2 Å². The highest BCUT2D eigenvalue weighted by Gasteiger charge is 2.28. The van der Waals surface area contributed by atoms with E-state index < -0.39 is 5.82 Å². The summed E-state index contributed by atoms with van der Waals surface area (Å²) in [6.45, 7) is 1.55. The fourth-order valence-corrected chi connectivity index (χ4v) is 4.97. The lowest BCUT2D eigenvalue weighted by Crippen LogP contribution is -2.50. The summed E-state index contributed by atoms with van der Waals surface area (Å²) in [6.07, 6.45) is 0. The van der Waals surface area contributed by atoms with Crippen LogP contribution in [0.5, 0.6) is 0 Å². The molecule has 1 aliphatic heterocycles. The second-order valence-corrected chi connectivity index (χ2v) is 8.29. The largest absolute Gasteiger partial charge is 0.335 e. The van der Waals surface area contributed by atoms with Gasteiger partial charge in [0.2, 0.25) is 0 Å². The molecular formula is C20H15Cl2FN2O2S. The molecule has 0 aliphatic carbocycles. The van der Waals surface area contributed by atoms with Crippen molar-refractivity contribution >= 4 is 56.4 Å². The minimum Gasteiger partial charge on any atom is -0.335 e. The van der Waals surface area contributed by atoms with Crippen LogP contribution in [0.4, 0.5) is 4.39 Å². The van der Waals surface area contributed by atoms with Gasteiger partial charge in [-0.1, -0.05) is 41.4 Å². The van der Waals surface area contributed by atoms with Gasteiger partial charge in [-0.25, -0.2) is 4.39 Å². The molecule has 28 heavy (non-hydrogen) atoms. The summed E-state index contributed by atoms with van der Waals surface area (Å²) >= 11 is 13.8.